The fraction of sp³-hybridized carbons (Fsp3) is 0.143. The third kappa shape index (κ3) is 1.70. The summed E-state index contributed by atoms with van der Waals surface area (Å²) in [6.45, 7) is 0. The molecule has 2 heterocycles. The standard InChI is InChI=1S/C7H4ClF3N4/c8-2-1-3-5(14-4(2)12)15-6(13-3)7(9,10)11/h1H,(H3,12,13,14,15). The summed E-state index contributed by atoms with van der Waals surface area (Å²) in [6, 6.07) is 1.25. The number of nitrogen functional groups attached to an aromatic ring is 1. The van der Waals surface area contributed by atoms with Gasteiger partial charge in [0, 0.05) is 0 Å². The number of aromatic amines is 1. The number of halogens is 4. The lowest BCUT2D eigenvalue weighted by Gasteiger charge is -1.98. The van der Waals surface area contributed by atoms with Gasteiger partial charge < -0.3 is 10.7 Å². The molecule has 0 atom stereocenters. The molecule has 2 aromatic rings. The molecule has 0 aliphatic rings. The summed E-state index contributed by atoms with van der Waals surface area (Å²) in [4.78, 5) is 8.93. The van der Waals surface area contributed by atoms with Gasteiger partial charge >= 0.3 is 6.18 Å². The van der Waals surface area contributed by atoms with Crippen molar-refractivity contribution >= 4 is 28.6 Å². The second-order valence-electron chi connectivity index (χ2n) is 2.81. The Bertz CT molecular complexity index is 480. The van der Waals surface area contributed by atoms with Gasteiger partial charge in [-0.15, -0.1) is 0 Å². The monoisotopic (exact) mass is 236 g/mol. The molecule has 0 saturated carbocycles. The van der Waals surface area contributed by atoms with E-state index >= 15 is 0 Å². The van der Waals surface area contributed by atoms with Crippen LogP contribution in [0.3, 0.4) is 0 Å². The van der Waals surface area contributed by atoms with Gasteiger partial charge in [0.25, 0.3) is 0 Å². The van der Waals surface area contributed by atoms with Crippen molar-refractivity contribution in [3.8, 4) is 0 Å². The van der Waals surface area contributed by atoms with Gasteiger partial charge in [0.15, 0.2) is 5.65 Å². The van der Waals surface area contributed by atoms with Crippen LogP contribution in [0.2, 0.25) is 5.02 Å². The largest absolute Gasteiger partial charge is 0.449 e. The summed E-state index contributed by atoms with van der Waals surface area (Å²) < 4.78 is 36.7. The second-order valence-corrected chi connectivity index (χ2v) is 3.22. The molecule has 8 heteroatoms. The fourth-order valence-corrected chi connectivity index (χ4v) is 1.22. The van der Waals surface area contributed by atoms with Crippen LogP contribution in [0.5, 0.6) is 0 Å². The summed E-state index contributed by atoms with van der Waals surface area (Å²) in [6.07, 6.45) is -4.54. The Labute approximate surface area is 86.3 Å². The Morgan fingerprint density at radius 2 is 2.00 bits per heavy atom. The molecule has 0 radical (unpaired) electrons. The summed E-state index contributed by atoms with van der Waals surface area (Å²) >= 11 is 5.59. The molecule has 0 aliphatic heterocycles. The first-order valence-electron chi connectivity index (χ1n) is 3.77. The van der Waals surface area contributed by atoms with Crippen LogP contribution in [0.4, 0.5) is 19.0 Å². The van der Waals surface area contributed by atoms with Crippen LogP contribution in [-0.4, -0.2) is 15.0 Å². The summed E-state index contributed by atoms with van der Waals surface area (Å²) in [7, 11) is 0. The molecule has 4 nitrogen and oxygen atoms in total. The average Bonchev–Trinajstić information content (AvgIpc) is 2.47. The number of alkyl halides is 3. The molecule has 0 amide bonds. The van der Waals surface area contributed by atoms with Crippen molar-refractivity contribution in [2.45, 2.75) is 6.18 Å². The number of nitrogens with zero attached hydrogens (tertiary/aromatic N) is 2. The SMILES string of the molecule is Nc1nc2nc(C(F)(F)F)[nH]c2cc1Cl. The summed E-state index contributed by atoms with van der Waals surface area (Å²) in [5.74, 6) is -1.17. The number of pyridine rings is 1. The lowest BCUT2D eigenvalue weighted by molar-refractivity contribution is -0.144. The smallest absolute Gasteiger partial charge is 0.382 e. The van der Waals surface area contributed by atoms with E-state index in [2.05, 4.69) is 15.0 Å². The summed E-state index contributed by atoms with van der Waals surface area (Å²) in [5, 5.41) is 0.0832. The van der Waals surface area contributed by atoms with Crippen LogP contribution in [0.15, 0.2) is 6.07 Å². The van der Waals surface area contributed by atoms with Gasteiger partial charge in [0.1, 0.15) is 5.82 Å². The number of hydrogen-bond acceptors (Lipinski definition) is 3. The number of nitrogens with two attached hydrogens (primary N) is 1. The van der Waals surface area contributed by atoms with E-state index in [1.165, 1.54) is 6.07 Å². The molecule has 2 aromatic heterocycles. The van der Waals surface area contributed by atoms with Crippen LogP contribution in [0, 0.1) is 0 Å². The maximum Gasteiger partial charge on any atom is 0.449 e. The molecule has 0 saturated heterocycles. The summed E-state index contributed by atoms with van der Waals surface area (Å²) in [5.41, 5.74) is 5.32. The molecule has 2 rings (SSSR count). The maximum absolute atomic E-state index is 12.2. The van der Waals surface area contributed by atoms with Gasteiger partial charge in [-0.25, -0.2) is 9.97 Å². The van der Waals surface area contributed by atoms with Gasteiger partial charge in [-0.05, 0) is 6.07 Å². The zero-order chi connectivity index (χ0) is 11.2. The molecule has 0 unspecified atom stereocenters. The Balaban J connectivity index is 2.66. The van der Waals surface area contributed by atoms with E-state index in [9.17, 15) is 13.2 Å². The van der Waals surface area contributed by atoms with E-state index in [1.807, 2.05) is 0 Å². The molecule has 0 aromatic carbocycles. The lowest BCUT2D eigenvalue weighted by atomic mass is 10.4. The topological polar surface area (TPSA) is 67.6 Å². The highest BCUT2D eigenvalue weighted by Crippen LogP contribution is 2.29. The van der Waals surface area contributed by atoms with Gasteiger partial charge in [0.2, 0.25) is 5.82 Å². The Hall–Kier alpha value is -1.50. The molecule has 3 N–H and O–H groups in total. The minimum atomic E-state index is -4.54. The van der Waals surface area contributed by atoms with Gasteiger partial charge in [-0.2, -0.15) is 13.2 Å². The zero-order valence-electron chi connectivity index (χ0n) is 7.06. The van der Waals surface area contributed by atoms with Crippen molar-refractivity contribution in [3.63, 3.8) is 0 Å². The van der Waals surface area contributed by atoms with Crippen molar-refractivity contribution in [2.75, 3.05) is 5.73 Å². The van der Waals surface area contributed by atoms with Gasteiger partial charge in [-0.1, -0.05) is 11.6 Å². The highest BCUT2D eigenvalue weighted by Gasteiger charge is 2.35. The Kier molecular flexibility index (Phi) is 2.00. The van der Waals surface area contributed by atoms with E-state index in [4.69, 9.17) is 17.3 Å². The number of imidazole rings is 1. The molecule has 15 heavy (non-hydrogen) atoms. The van der Waals surface area contributed by atoms with Crippen molar-refractivity contribution in [1.29, 1.82) is 0 Å². The average molecular weight is 237 g/mol. The number of hydrogen-bond donors (Lipinski definition) is 2. The van der Waals surface area contributed by atoms with E-state index in [0.29, 0.717) is 0 Å². The van der Waals surface area contributed by atoms with Crippen LogP contribution in [0.1, 0.15) is 5.82 Å². The number of aromatic nitrogens is 3. The Morgan fingerprint density at radius 3 is 2.60 bits per heavy atom. The van der Waals surface area contributed by atoms with Crippen LogP contribution in [0.25, 0.3) is 11.2 Å². The number of anilines is 1. The van der Waals surface area contributed by atoms with E-state index in [1.54, 1.807) is 0 Å². The van der Waals surface area contributed by atoms with Crippen molar-refractivity contribution in [1.82, 2.24) is 15.0 Å². The van der Waals surface area contributed by atoms with E-state index in [-0.39, 0.29) is 22.0 Å². The van der Waals surface area contributed by atoms with E-state index in [0.717, 1.165) is 0 Å². The van der Waals surface area contributed by atoms with Crippen LogP contribution in [-0.2, 0) is 6.18 Å². The second kappa shape index (κ2) is 2.99. The molecule has 0 fully saturated rings. The van der Waals surface area contributed by atoms with Gasteiger partial charge in [0.05, 0.1) is 10.5 Å². The third-order valence-electron chi connectivity index (χ3n) is 1.72. The predicted octanol–water partition coefficient (Wildman–Crippen LogP) is 2.21. The van der Waals surface area contributed by atoms with Gasteiger partial charge in [-0.3, -0.25) is 0 Å². The molecule has 0 spiro atoms. The highest BCUT2D eigenvalue weighted by molar-refractivity contribution is 6.33. The van der Waals surface area contributed by atoms with E-state index < -0.39 is 12.0 Å². The number of H-pyrrole nitrogens is 1. The zero-order valence-corrected chi connectivity index (χ0v) is 7.82. The highest BCUT2D eigenvalue weighted by atomic mass is 35.5. The first-order chi connectivity index (χ1) is 6.88. The first kappa shape index (κ1) is 10.0. The number of rotatable bonds is 0. The molecule has 0 bridgehead atoms. The molecular weight excluding hydrogens is 233 g/mol. The molecular formula is C7H4ClF3N4. The van der Waals surface area contributed by atoms with Crippen molar-refractivity contribution in [3.05, 3.63) is 16.9 Å². The fourth-order valence-electron chi connectivity index (χ4n) is 1.07. The first-order valence-corrected chi connectivity index (χ1v) is 4.14. The van der Waals surface area contributed by atoms with Crippen LogP contribution >= 0.6 is 11.6 Å². The van der Waals surface area contributed by atoms with Crippen LogP contribution < -0.4 is 5.73 Å². The number of fused-ring (bicyclic) bond motifs is 1. The van der Waals surface area contributed by atoms with Crippen molar-refractivity contribution in [2.24, 2.45) is 0 Å². The maximum atomic E-state index is 12.2. The third-order valence-corrected chi connectivity index (χ3v) is 2.03. The molecule has 0 aliphatic carbocycles. The minimum Gasteiger partial charge on any atom is -0.382 e. The normalized spacial score (nSPS) is 12.3. The quantitative estimate of drug-likeness (QED) is 0.737. The molecule has 80 valence electrons. The predicted molar refractivity (Wildman–Crippen MR) is 48.3 cm³/mol. The van der Waals surface area contributed by atoms with Crippen molar-refractivity contribution < 1.29 is 13.2 Å². The lowest BCUT2D eigenvalue weighted by Crippen LogP contribution is -2.06. The Morgan fingerprint density at radius 1 is 1.33 bits per heavy atom. The number of nitrogens with one attached hydrogen (secondary N) is 1. The minimum absolute atomic E-state index is 0.0515.